The van der Waals surface area contributed by atoms with Gasteiger partial charge in [0.2, 0.25) is 0 Å². The summed E-state index contributed by atoms with van der Waals surface area (Å²) >= 11 is 0. The van der Waals surface area contributed by atoms with E-state index in [1.807, 2.05) is 33.8 Å². The maximum atomic E-state index is 11.8. The van der Waals surface area contributed by atoms with Crippen LogP contribution in [0, 0.1) is 33.1 Å². The number of amidine groups is 1. The fourth-order valence-electron chi connectivity index (χ4n) is 2.73. The second kappa shape index (κ2) is 6.74. The molecule has 1 atom stereocenters. The van der Waals surface area contributed by atoms with Gasteiger partial charge in [-0.2, -0.15) is 0 Å². The van der Waals surface area contributed by atoms with Gasteiger partial charge in [0.25, 0.3) is 0 Å². The highest BCUT2D eigenvalue weighted by Gasteiger charge is 2.23. The van der Waals surface area contributed by atoms with Gasteiger partial charge in [0.1, 0.15) is 5.84 Å². The number of carboxylic acids is 1. The van der Waals surface area contributed by atoms with Crippen molar-refractivity contribution < 1.29 is 9.90 Å². The molecule has 0 spiro atoms. The highest BCUT2D eigenvalue weighted by Crippen LogP contribution is 2.28. The Morgan fingerprint density at radius 2 is 1.67 bits per heavy atom. The molecule has 0 aromatic heterocycles. The molecule has 0 aliphatic carbocycles. The smallest absolute Gasteiger partial charge is 0.330 e. The van der Waals surface area contributed by atoms with Crippen molar-refractivity contribution in [1.82, 2.24) is 0 Å². The van der Waals surface area contributed by atoms with Crippen LogP contribution < -0.4 is 11.1 Å². The first kappa shape index (κ1) is 17.5. The number of aryl methyl sites for hydroxylation is 1. The highest BCUT2D eigenvalue weighted by molar-refractivity contribution is 5.95. The van der Waals surface area contributed by atoms with Crippen LogP contribution in [0.1, 0.15) is 39.4 Å². The van der Waals surface area contributed by atoms with E-state index in [1.54, 1.807) is 24.3 Å². The first-order valence-corrected chi connectivity index (χ1v) is 7.73. The largest absolute Gasteiger partial charge is 0.479 e. The lowest BCUT2D eigenvalue weighted by Gasteiger charge is -2.21. The Hall–Kier alpha value is -2.82. The average Bonchev–Trinajstić information content (AvgIpc) is 2.54. The van der Waals surface area contributed by atoms with Crippen molar-refractivity contribution in [1.29, 1.82) is 5.41 Å². The standard InChI is InChI=1S/C19H23N3O2/c1-10-9-16(13(4)12(3)11(10)2)17(19(23)24)22-15-7-5-14(6-8-15)18(20)21/h5-9,17,22H,1-4H3,(H3,20,21)(H,23,24). The second-order valence-electron chi connectivity index (χ2n) is 6.06. The number of rotatable bonds is 5. The minimum absolute atomic E-state index is 0.0167. The number of hydrogen-bond donors (Lipinski definition) is 4. The lowest BCUT2D eigenvalue weighted by atomic mass is 9.91. The van der Waals surface area contributed by atoms with Gasteiger partial charge >= 0.3 is 5.97 Å². The monoisotopic (exact) mass is 325 g/mol. The fourth-order valence-corrected chi connectivity index (χ4v) is 2.73. The molecule has 0 saturated heterocycles. The molecule has 0 radical (unpaired) electrons. The van der Waals surface area contributed by atoms with Gasteiger partial charge in [0, 0.05) is 11.3 Å². The van der Waals surface area contributed by atoms with Crippen LogP contribution in [0.4, 0.5) is 5.69 Å². The lowest BCUT2D eigenvalue weighted by Crippen LogP contribution is -2.22. The first-order chi connectivity index (χ1) is 11.2. The zero-order valence-corrected chi connectivity index (χ0v) is 14.4. The van der Waals surface area contributed by atoms with Crippen molar-refractivity contribution in [2.45, 2.75) is 33.7 Å². The molecule has 1 unspecified atom stereocenters. The predicted molar refractivity (Wildman–Crippen MR) is 96.8 cm³/mol. The first-order valence-electron chi connectivity index (χ1n) is 7.73. The van der Waals surface area contributed by atoms with Gasteiger partial charge in [-0.1, -0.05) is 6.07 Å². The number of nitrogens with two attached hydrogens (primary N) is 1. The summed E-state index contributed by atoms with van der Waals surface area (Å²) in [4.78, 5) is 11.8. The number of nitrogen functional groups attached to an aromatic ring is 1. The summed E-state index contributed by atoms with van der Waals surface area (Å²) in [5, 5.41) is 20.2. The Morgan fingerprint density at radius 3 is 2.17 bits per heavy atom. The molecule has 0 aliphatic heterocycles. The quantitative estimate of drug-likeness (QED) is 0.500. The summed E-state index contributed by atoms with van der Waals surface area (Å²) in [6.07, 6.45) is 0. The van der Waals surface area contributed by atoms with Gasteiger partial charge in [0.05, 0.1) is 0 Å². The van der Waals surface area contributed by atoms with Crippen LogP contribution in [0.15, 0.2) is 30.3 Å². The Kier molecular flexibility index (Phi) is 4.93. The van der Waals surface area contributed by atoms with Gasteiger partial charge in [-0.3, -0.25) is 5.41 Å². The summed E-state index contributed by atoms with van der Waals surface area (Å²) in [5.41, 5.74) is 11.8. The van der Waals surface area contributed by atoms with Crippen LogP contribution in [-0.2, 0) is 4.79 Å². The Morgan fingerprint density at radius 1 is 1.08 bits per heavy atom. The molecule has 0 amide bonds. The van der Waals surface area contributed by atoms with E-state index in [-0.39, 0.29) is 5.84 Å². The van der Waals surface area contributed by atoms with Crippen LogP contribution in [-0.4, -0.2) is 16.9 Å². The Labute approximate surface area is 142 Å². The summed E-state index contributed by atoms with van der Waals surface area (Å²) < 4.78 is 0. The normalized spacial score (nSPS) is 11.8. The summed E-state index contributed by atoms with van der Waals surface area (Å²) in [6.45, 7) is 8.01. The molecule has 126 valence electrons. The third-order valence-electron chi connectivity index (χ3n) is 4.59. The van der Waals surface area contributed by atoms with E-state index >= 15 is 0 Å². The van der Waals surface area contributed by atoms with Gasteiger partial charge < -0.3 is 16.2 Å². The van der Waals surface area contributed by atoms with Gasteiger partial charge in [-0.25, -0.2) is 4.79 Å². The van der Waals surface area contributed by atoms with E-state index in [0.717, 1.165) is 22.3 Å². The number of carbonyl (C=O) groups is 1. The molecule has 24 heavy (non-hydrogen) atoms. The molecule has 2 rings (SSSR count). The zero-order chi connectivity index (χ0) is 18.0. The molecule has 5 N–H and O–H groups in total. The minimum atomic E-state index is -0.934. The highest BCUT2D eigenvalue weighted by atomic mass is 16.4. The van der Waals surface area contributed by atoms with Gasteiger partial charge in [-0.05, 0) is 79.8 Å². The number of benzene rings is 2. The topological polar surface area (TPSA) is 99.2 Å². The van der Waals surface area contributed by atoms with Crippen LogP contribution >= 0.6 is 0 Å². The Balaban J connectivity index is 2.41. The van der Waals surface area contributed by atoms with Crippen molar-refractivity contribution in [2.75, 3.05) is 5.32 Å². The van der Waals surface area contributed by atoms with Crippen molar-refractivity contribution in [3.63, 3.8) is 0 Å². The third kappa shape index (κ3) is 3.40. The molecule has 0 fully saturated rings. The minimum Gasteiger partial charge on any atom is -0.479 e. The number of anilines is 1. The van der Waals surface area contributed by atoms with Gasteiger partial charge in [0.15, 0.2) is 6.04 Å². The van der Waals surface area contributed by atoms with Crippen LogP contribution in [0.3, 0.4) is 0 Å². The lowest BCUT2D eigenvalue weighted by molar-refractivity contribution is -0.138. The van der Waals surface area contributed by atoms with Crippen molar-refractivity contribution >= 4 is 17.5 Å². The molecule has 2 aromatic carbocycles. The number of carboxylic acid groups (broad SMARTS) is 1. The van der Waals surface area contributed by atoms with Crippen LogP contribution in [0.2, 0.25) is 0 Å². The molecule has 2 aromatic rings. The van der Waals surface area contributed by atoms with Gasteiger partial charge in [-0.15, -0.1) is 0 Å². The zero-order valence-electron chi connectivity index (χ0n) is 14.4. The molecule has 0 heterocycles. The van der Waals surface area contributed by atoms with E-state index < -0.39 is 12.0 Å². The number of aliphatic carboxylic acids is 1. The van der Waals surface area contributed by atoms with Crippen molar-refractivity contribution in [3.8, 4) is 0 Å². The SMILES string of the molecule is Cc1cc(C(Nc2ccc(C(=N)N)cc2)C(=O)O)c(C)c(C)c1C. The maximum absolute atomic E-state index is 11.8. The fraction of sp³-hybridized carbons (Fsp3) is 0.263. The van der Waals surface area contributed by atoms with E-state index in [2.05, 4.69) is 5.32 Å². The molecule has 0 aliphatic rings. The van der Waals surface area contributed by atoms with Crippen molar-refractivity contribution in [3.05, 3.63) is 63.7 Å². The van der Waals surface area contributed by atoms with Crippen LogP contribution in [0.5, 0.6) is 0 Å². The number of nitrogens with one attached hydrogen (secondary N) is 2. The third-order valence-corrected chi connectivity index (χ3v) is 4.59. The van der Waals surface area contributed by atoms with Crippen molar-refractivity contribution in [2.24, 2.45) is 5.73 Å². The molecule has 5 nitrogen and oxygen atoms in total. The second-order valence-corrected chi connectivity index (χ2v) is 6.06. The van der Waals surface area contributed by atoms with E-state index in [1.165, 1.54) is 5.56 Å². The average molecular weight is 325 g/mol. The summed E-state index contributed by atoms with van der Waals surface area (Å²) in [6, 6.07) is 7.95. The molecule has 0 saturated carbocycles. The van der Waals surface area contributed by atoms with E-state index in [4.69, 9.17) is 11.1 Å². The number of hydrogen-bond acceptors (Lipinski definition) is 3. The maximum Gasteiger partial charge on any atom is 0.330 e. The Bertz CT molecular complexity index is 795. The molecular weight excluding hydrogens is 302 g/mol. The summed E-state index contributed by atoms with van der Waals surface area (Å²) in [7, 11) is 0. The molecule has 5 heteroatoms. The van der Waals surface area contributed by atoms with E-state index in [0.29, 0.717) is 11.3 Å². The van der Waals surface area contributed by atoms with Crippen LogP contribution in [0.25, 0.3) is 0 Å². The summed E-state index contributed by atoms with van der Waals surface area (Å²) in [5.74, 6) is -0.951. The molecular formula is C19H23N3O2. The predicted octanol–water partition coefficient (Wildman–Crippen LogP) is 3.44. The van der Waals surface area contributed by atoms with E-state index in [9.17, 15) is 9.90 Å². The molecule has 0 bridgehead atoms.